The molecule has 0 bridgehead atoms. The highest BCUT2D eigenvalue weighted by Crippen LogP contribution is 2.42. The van der Waals surface area contributed by atoms with Crippen molar-refractivity contribution in [2.45, 2.75) is 63.3 Å². The van der Waals surface area contributed by atoms with Gasteiger partial charge in [0, 0.05) is 110 Å². The number of nitrogens with two attached hydrogens (primary N) is 2. The molecule has 12 rings (SSSR count). The average molecular weight is 1050 g/mol. The number of amides is 2. The number of hydrogen-bond acceptors (Lipinski definition) is 18. The van der Waals surface area contributed by atoms with E-state index in [0.29, 0.717) is 134 Å². The average Bonchev–Trinajstić information content (AvgIpc) is 3.38. The lowest BCUT2D eigenvalue weighted by molar-refractivity contribution is -0.0964. The molecule has 6 aromatic rings. The van der Waals surface area contributed by atoms with Crippen molar-refractivity contribution in [1.29, 1.82) is 0 Å². The second-order valence-electron chi connectivity index (χ2n) is 19.5. The van der Waals surface area contributed by atoms with Gasteiger partial charge in [0.05, 0.1) is 49.9 Å². The molecule has 6 aliphatic heterocycles. The Morgan fingerprint density at radius 2 is 1.05 bits per heavy atom. The molecule has 20 nitrogen and oxygen atoms in total. The van der Waals surface area contributed by atoms with Gasteiger partial charge in [0.15, 0.2) is 11.6 Å². The maximum atomic E-state index is 15.4. The van der Waals surface area contributed by atoms with Crippen molar-refractivity contribution in [3.05, 3.63) is 71.8 Å². The number of rotatable bonds is 8. The Morgan fingerprint density at radius 3 is 1.43 bits per heavy atom. The minimum absolute atomic E-state index is 0.0654. The number of carbonyl (C=O) groups excluding carboxylic acids is 2. The Morgan fingerprint density at radius 1 is 0.632 bits per heavy atom. The Balaban J connectivity index is 0.000000162. The van der Waals surface area contributed by atoms with Crippen LogP contribution in [0, 0.1) is 25.5 Å². The van der Waals surface area contributed by atoms with Crippen LogP contribution in [0.4, 0.5) is 61.5 Å². The van der Waals surface area contributed by atoms with E-state index < -0.39 is 48.4 Å². The summed E-state index contributed by atoms with van der Waals surface area (Å²) in [5.74, 6) is 0.117. The highest BCUT2D eigenvalue weighted by Gasteiger charge is 2.39. The molecule has 10 heterocycles. The molecule has 4 atom stereocenters. The molecular weight excluding hydrogens is 997 g/mol. The van der Waals surface area contributed by atoms with E-state index in [2.05, 4.69) is 41.2 Å². The van der Waals surface area contributed by atoms with Crippen LogP contribution < -0.4 is 42.2 Å². The SMILES string of the molecule is Cc1c(-c2cc3cc(NC(=O)O[C@@H]4CCN(C5COC5)C[C@H]4F)ncc3c(N)c2F)cnc2c1NCCO2.Cc1c(-c2cc3cc(NC(=O)O[C@H]4CCN(C5COC5)C[C@@H]4F)ncc3c(N)c2F)cnc2c1NCCO2. The topological polar surface area (TPSA) is 248 Å². The summed E-state index contributed by atoms with van der Waals surface area (Å²) < 4.78 is 92.4. The zero-order valence-electron chi connectivity index (χ0n) is 41.6. The van der Waals surface area contributed by atoms with E-state index in [1.165, 1.54) is 12.4 Å². The van der Waals surface area contributed by atoms with Crippen LogP contribution in [0.25, 0.3) is 43.8 Å². The van der Waals surface area contributed by atoms with Crippen LogP contribution in [-0.4, -0.2) is 157 Å². The number of carbonyl (C=O) groups is 2. The number of anilines is 6. The van der Waals surface area contributed by atoms with Crippen molar-refractivity contribution in [2.75, 3.05) is 112 Å². The van der Waals surface area contributed by atoms with Crippen molar-refractivity contribution >= 4 is 68.1 Å². The largest absolute Gasteiger partial charge is 0.474 e. The lowest BCUT2D eigenvalue weighted by Crippen LogP contribution is -2.56. The number of likely N-dealkylation sites (tertiary alicyclic amines) is 2. The van der Waals surface area contributed by atoms with Crippen LogP contribution >= 0.6 is 0 Å². The molecule has 400 valence electrons. The van der Waals surface area contributed by atoms with E-state index in [0.717, 1.165) is 11.1 Å². The number of nitrogen functional groups attached to an aromatic ring is 2. The van der Waals surface area contributed by atoms with Crippen LogP contribution in [-0.2, 0) is 18.9 Å². The first-order valence-electron chi connectivity index (χ1n) is 25.1. The summed E-state index contributed by atoms with van der Waals surface area (Å²) in [6, 6.07) is 6.89. The van der Waals surface area contributed by atoms with E-state index in [1.807, 2.05) is 23.6 Å². The molecule has 4 aromatic heterocycles. The zero-order valence-corrected chi connectivity index (χ0v) is 41.6. The number of nitrogens with one attached hydrogen (secondary N) is 4. The second kappa shape index (κ2) is 21.2. The fourth-order valence-electron chi connectivity index (χ4n) is 10.3. The molecule has 0 aliphatic carbocycles. The normalized spacial score (nSPS) is 21.7. The summed E-state index contributed by atoms with van der Waals surface area (Å²) in [7, 11) is 0. The molecule has 0 spiro atoms. The number of hydrogen-bond donors (Lipinski definition) is 6. The Kier molecular flexibility index (Phi) is 14.1. The fraction of sp³-hybridized carbons (Fsp3) is 0.423. The first kappa shape index (κ1) is 50.6. The van der Waals surface area contributed by atoms with E-state index in [9.17, 15) is 18.4 Å². The predicted octanol–water partition coefficient (Wildman–Crippen LogP) is 6.98. The zero-order chi connectivity index (χ0) is 52.8. The molecule has 24 heteroatoms. The number of pyridine rings is 4. The molecule has 4 saturated heterocycles. The molecule has 76 heavy (non-hydrogen) atoms. The van der Waals surface area contributed by atoms with Crippen molar-refractivity contribution < 1.29 is 55.6 Å². The third kappa shape index (κ3) is 10.0. The Labute approximate surface area is 433 Å². The summed E-state index contributed by atoms with van der Waals surface area (Å²) in [6.07, 6.45) is 0.779. The molecule has 6 aliphatic rings. The number of aromatic nitrogens is 4. The smallest absolute Gasteiger partial charge is 0.413 e. The third-order valence-corrected chi connectivity index (χ3v) is 14.7. The van der Waals surface area contributed by atoms with Crippen LogP contribution in [0.1, 0.15) is 24.0 Å². The molecule has 0 saturated carbocycles. The van der Waals surface area contributed by atoms with Gasteiger partial charge in [-0.15, -0.1) is 0 Å². The monoisotopic (exact) mass is 1050 g/mol. The van der Waals surface area contributed by atoms with Gasteiger partial charge in [-0.3, -0.25) is 20.4 Å². The minimum atomic E-state index is -1.29. The van der Waals surface area contributed by atoms with E-state index >= 15 is 8.78 Å². The van der Waals surface area contributed by atoms with Gasteiger partial charge < -0.3 is 50.5 Å². The number of fused-ring (bicyclic) bond motifs is 4. The van der Waals surface area contributed by atoms with Crippen molar-refractivity contribution in [2.24, 2.45) is 0 Å². The predicted molar refractivity (Wildman–Crippen MR) is 275 cm³/mol. The Bertz CT molecular complexity index is 3020. The summed E-state index contributed by atoms with van der Waals surface area (Å²) >= 11 is 0. The molecule has 0 radical (unpaired) electrons. The molecule has 2 aromatic carbocycles. The number of nitrogens with zero attached hydrogens (tertiary/aromatic N) is 6. The minimum Gasteiger partial charge on any atom is -0.474 e. The summed E-state index contributed by atoms with van der Waals surface area (Å²) in [6.45, 7) is 10.1. The van der Waals surface area contributed by atoms with Crippen molar-refractivity contribution in [1.82, 2.24) is 29.7 Å². The highest BCUT2D eigenvalue weighted by atomic mass is 19.1. The van der Waals surface area contributed by atoms with E-state index in [4.69, 9.17) is 39.9 Å². The standard InChI is InChI=1S/2C26H28F2N6O4/c2*1-13-17(8-32-25-24(13)30-3-5-37-25)16-6-14-7-21(31-9-18(14)23(29)22(16)28)33-26(35)38-20-2-4-34(10-19(20)27)15-11-36-12-15/h2*6-9,15,19-20,30H,2-5,10-12,29H2,1H3,(H,31,33,35)/t2*19-,20-/m10/s1. The van der Waals surface area contributed by atoms with Gasteiger partial charge >= 0.3 is 12.2 Å². The summed E-state index contributed by atoms with van der Waals surface area (Å²) in [5.41, 5.74) is 16.8. The summed E-state index contributed by atoms with van der Waals surface area (Å²) in [5, 5.41) is 13.5. The lowest BCUT2D eigenvalue weighted by Gasteiger charge is -2.42. The van der Waals surface area contributed by atoms with E-state index in [-0.39, 0.29) is 59.3 Å². The van der Waals surface area contributed by atoms with Crippen molar-refractivity contribution in [3.63, 3.8) is 0 Å². The van der Waals surface area contributed by atoms with Crippen molar-refractivity contribution in [3.8, 4) is 34.0 Å². The van der Waals surface area contributed by atoms with Crippen LogP contribution in [0.3, 0.4) is 0 Å². The van der Waals surface area contributed by atoms with Gasteiger partial charge in [-0.25, -0.2) is 47.1 Å². The number of benzene rings is 2. The quantitative estimate of drug-likeness (QED) is 0.0665. The van der Waals surface area contributed by atoms with Gasteiger partial charge in [-0.2, -0.15) is 0 Å². The number of piperidine rings is 2. The first-order chi connectivity index (χ1) is 36.8. The Hall–Kier alpha value is -7.54. The maximum absolute atomic E-state index is 15.4. The van der Waals surface area contributed by atoms with Crippen LogP contribution in [0.5, 0.6) is 11.8 Å². The lowest BCUT2D eigenvalue weighted by atomic mass is 9.97. The third-order valence-electron chi connectivity index (χ3n) is 14.7. The molecule has 0 unspecified atom stereocenters. The van der Waals surface area contributed by atoms with Gasteiger partial charge in [-0.05, 0) is 60.0 Å². The maximum Gasteiger partial charge on any atom is 0.413 e. The molecular formula is C52H56F4N12O8. The van der Waals surface area contributed by atoms with Gasteiger partial charge in [-0.1, -0.05) is 0 Å². The van der Waals surface area contributed by atoms with Gasteiger partial charge in [0.25, 0.3) is 0 Å². The summed E-state index contributed by atoms with van der Waals surface area (Å²) in [4.78, 5) is 46.2. The second-order valence-corrected chi connectivity index (χ2v) is 19.5. The molecule has 4 fully saturated rings. The van der Waals surface area contributed by atoms with Crippen LogP contribution in [0.15, 0.2) is 49.1 Å². The van der Waals surface area contributed by atoms with Gasteiger partial charge in [0.1, 0.15) is 60.8 Å². The highest BCUT2D eigenvalue weighted by molar-refractivity contribution is 6.01. The van der Waals surface area contributed by atoms with Crippen LogP contribution in [0.2, 0.25) is 0 Å². The molecule has 8 N–H and O–H groups in total. The number of halogens is 4. The number of alkyl halides is 2. The molecule has 2 amide bonds. The van der Waals surface area contributed by atoms with E-state index in [1.54, 1.807) is 36.7 Å². The fourth-order valence-corrected chi connectivity index (χ4v) is 10.3. The van der Waals surface area contributed by atoms with Gasteiger partial charge in [0.2, 0.25) is 11.8 Å². The number of ether oxygens (including phenoxy) is 6. The first-order valence-corrected chi connectivity index (χ1v) is 25.1.